The number of fused-ring (bicyclic) bond motifs is 1. The molecule has 35 heavy (non-hydrogen) atoms. The van der Waals surface area contributed by atoms with Crippen LogP contribution < -0.4 is 20.3 Å². The Balaban J connectivity index is 1.22. The molecule has 0 bridgehead atoms. The van der Waals surface area contributed by atoms with E-state index in [1.54, 1.807) is 24.3 Å². The number of carbonyl (C=O) groups excluding carboxylic acids is 4. The number of hydrazine groups is 1. The highest BCUT2D eigenvalue weighted by Crippen LogP contribution is 2.37. The molecule has 0 aromatic heterocycles. The van der Waals surface area contributed by atoms with Gasteiger partial charge < -0.3 is 9.47 Å². The lowest BCUT2D eigenvalue weighted by atomic mass is 9.81. The lowest BCUT2D eigenvalue weighted by Crippen LogP contribution is -2.43. The first kappa shape index (κ1) is 24.3. The summed E-state index contributed by atoms with van der Waals surface area (Å²) >= 11 is 0. The topological polar surface area (TPSA) is 114 Å². The van der Waals surface area contributed by atoms with Crippen LogP contribution in [0.4, 0.5) is 0 Å². The van der Waals surface area contributed by atoms with Crippen LogP contribution in [0.25, 0.3) is 0 Å². The molecule has 1 heterocycles. The van der Waals surface area contributed by atoms with Crippen LogP contribution in [0.1, 0.15) is 42.5 Å². The predicted molar refractivity (Wildman–Crippen MR) is 126 cm³/mol. The first-order valence-corrected chi connectivity index (χ1v) is 11.9. The monoisotopic (exact) mass is 479 g/mol. The van der Waals surface area contributed by atoms with Gasteiger partial charge in [0.2, 0.25) is 17.7 Å². The standard InChI is InChI=1S/C26H29N3O6/c30-23(14-15-29-25(32)19-10-4-5-11-20(19)26(29)33)27-28-24(31)21-12-6-7-13-22(21)35-17-16-34-18-8-2-1-3-9-18/h1-3,6-9,12-13,19-20H,4-5,10-11,14-17H2,(H,27,30)(H,28,31)/t19-,20+. The Bertz CT molecular complexity index is 1050. The summed E-state index contributed by atoms with van der Waals surface area (Å²) in [7, 11) is 0. The minimum Gasteiger partial charge on any atom is -0.490 e. The number of nitrogens with one attached hydrogen (secondary N) is 2. The molecule has 184 valence electrons. The minimum absolute atomic E-state index is 0.00742. The Kier molecular flexibility index (Phi) is 7.97. The van der Waals surface area contributed by atoms with E-state index in [9.17, 15) is 19.2 Å². The zero-order valence-corrected chi connectivity index (χ0v) is 19.4. The Labute approximate surface area is 203 Å². The van der Waals surface area contributed by atoms with Crippen molar-refractivity contribution in [2.75, 3.05) is 19.8 Å². The molecular weight excluding hydrogens is 450 g/mol. The fourth-order valence-electron chi connectivity index (χ4n) is 4.53. The number of ether oxygens (including phenoxy) is 2. The summed E-state index contributed by atoms with van der Waals surface area (Å²) in [6, 6.07) is 16.0. The number of hydrogen-bond acceptors (Lipinski definition) is 6. The van der Waals surface area contributed by atoms with Crippen LogP contribution in [0.2, 0.25) is 0 Å². The summed E-state index contributed by atoms with van der Waals surface area (Å²) in [5, 5.41) is 0. The molecule has 9 nitrogen and oxygen atoms in total. The summed E-state index contributed by atoms with van der Waals surface area (Å²) in [5.41, 5.74) is 4.96. The van der Waals surface area contributed by atoms with Gasteiger partial charge in [0.15, 0.2) is 0 Å². The van der Waals surface area contributed by atoms with E-state index in [2.05, 4.69) is 10.9 Å². The minimum atomic E-state index is -0.544. The van der Waals surface area contributed by atoms with Gasteiger partial charge in [0.05, 0.1) is 17.4 Å². The van der Waals surface area contributed by atoms with E-state index in [0.717, 1.165) is 31.4 Å². The van der Waals surface area contributed by atoms with Crippen molar-refractivity contribution < 1.29 is 28.7 Å². The molecule has 2 aromatic rings. The maximum atomic E-state index is 12.6. The molecule has 1 aliphatic heterocycles. The second kappa shape index (κ2) is 11.5. The van der Waals surface area contributed by atoms with Gasteiger partial charge in [-0.3, -0.25) is 34.9 Å². The molecule has 1 saturated carbocycles. The zero-order valence-electron chi connectivity index (χ0n) is 19.4. The van der Waals surface area contributed by atoms with Crippen molar-refractivity contribution in [1.82, 2.24) is 15.8 Å². The number of para-hydroxylation sites is 2. The third kappa shape index (κ3) is 5.98. The van der Waals surface area contributed by atoms with E-state index in [1.165, 1.54) is 4.90 Å². The molecule has 2 aromatic carbocycles. The molecule has 2 atom stereocenters. The molecule has 0 radical (unpaired) electrons. The number of imide groups is 1. The van der Waals surface area contributed by atoms with Gasteiger partial charge in [-0.2, -0.15) is 0 Å². The van der Waals surface area contributed by atoms with E-state index in [0.29, 0.717) is 12.4 Å². The van der Waals surface area contributed by atoms with Crippen LogP contribution in [0, 0.1) is 11.8 Å². The van der Waals surface area contributed by atoms with Crippen LogP contribution >= 0.6 is 0 Å². The normalized spacial score (nSPS) is 19.1. The van der Waals surface area contributed by atoms with Gasteiger partial charge >= 0.3 is 0 Å². The van der Waals surface area contributed by atoms with Crippen molar-refractivity contribution in [1.29, 1.82) is 0 Å². The van der Waals surface area contributed by atoms with Gasteiger partial charge in [-0.1, -0.05) is 43.2 Å². The van der Waals surface area contributed by atoms with Gasteiger partial charge in [0, 0.05) is 13.0 Å². The average Bonchev–Trinajstić information content (AvgIpc) is 3.14. The Hall–Kier alpha value is -3.88. The number of hydrogen-bond donors (Lipinski definition) is 2. The predicted octanol–water partition coefficient (Wildman–Crippen LogP) is 2.47. The molecular formula is C26H29N3O6. The highest BCUT2D eigenvalue weighted by molar-refractivity contribution is 6.05. The molecule has 0 unspecified atom stereocenters. The summed E-state index contributed by atoms with van der Waals surface area (Å²) in [4.78, 5) is 51.1. The fraction of sp³-hybridized carbons (Fsp3) is 0.385. The van der Waals surface area contributed by atoms with Crippen LogP contribution in [-0.2, 0) is 14.4 Å². The molecule has 2 fully saturated rings. The number of benzene rings is 2. The fourth-order valence-corrected chi connectivity index (χ4v) is 4.53. The first-order chi connectivity index (χ1) is 17.0. The summed E-state index contributed by atoms with van der Waals surface area (Å²) in [5.74, 6) is -0.812. The molecule has 1 saturated heterocycles. The second-order valence-corrected chi connectivity index (χ2v) is 8.58. The van der Waals surface area contributed by atoms with Gasteiger partial charge in [-0.15, -0.1) is 0 Å². The Morgan fingerprint density at radius 3 is 2.17 bits per heavy atom. The van der Waals surface area contributed by atoms with Crippen molar-refractivity contribution in [2.24, 2.45) is 11.8 Å². The van der Waals surface area contributed by atoms with Crippen LogP contribution in [0.3, 0.4) is 0 Å². The SMILES string of the molecule is O=C(CCN1C(=O)[C@H]2CCCC[C@H]2C1=O)NNC(=O)c1ccccc1OCCOc1ccccc1. The third-order valence-electron chi connectivity index (χ3n) is 6.29. The highest BCUT2D eigenvalue weighted by Gasteiger charge is 2.47. The Morgan fingerprint density at radius 2 is 1.46 bits per heavy atom. The highest BCUT2D eigenvalue weighted by atomic mass is 16.5. The number of carbonyl (C=O) groups is 4. The van der Waals surface area contributed by atoms with E-state index < -0.39 is 11.8 Å². The van der Waals surface area contributed by atoms with Gasteiger partial charge in [0.1, 0.15) is 24.7 Å². The molecule has 0 spiro atoms. The quantitative estimate of drug-likeness (QED) is 0.325. The van der Waals surface area contributed by atoms with Crippen molar-refractivity contribution in [3.05, 3.63) is 60.2 Å². The van der Waals surface area contributed by atoms with Crippen LogP contribution in [0.5, 0.6) is 11.5 Å². The lowest BCUT2D eigenvalue weighted by Gasteiger charge is -2.19. The van der Waals surface area contributed by atoms with E-state index in [4.69, 9.17) is 9.47 Å². The van der Waals surface area contributed by atoms with Gasteiger partial charge in [-0.25, -0.2) is 0 Å². The molecule has 2 N–H and O–H groups in total. The zero-order chi connectivity index (χ0) is 24.6. The Morgan fingerprint density at radius 1 is 0.829 bits per heavy atom. The smallest absolute Gasteiger partial charge is 0.273 e. The lowest BCUT2D eigenvalue weighted by molar-refractivity contribution is -0.140. The van der Waals surface area contributed by atoms with Crippen molar-refractivity contribution in [3.63, 3.8) is 0 Å². The first-order valence-electron chi connectivity index (χ1n) is 11.9. The van der Waals surface area contributed by atoms with Gasteiger partial charge in [-0.05, 0) is 37.1 Å². The number of rotatable bonds is 9. The largest absolute Gasteiger partial charge is 0.490 e. The number of likely N-dealkylation sites (tertiary alicyclic amines) is 1. The number of amides is 4. The number of nitrogens with zero attached hydrogens (tertiary/aromatic N) is 1. The summed E-state index contributed by atoms with van der Waals surface area (Å²) in [6.45, 7) is 0.533. The molecule has 4 amide bonds. The average molecular weight is 480 g/mol. The van der Waals surface area contributed by atoms with Crippen LogP contribution in [-0.4, -0.2) is 48.3 Å². The summed E-state index contributed by atoms with van der Waals surface area (Å²) < 4.78 is 11.3. The van der Waals surface area contributed by atoms with Crippen molar-refractivity contribution in [3.8, 4) is 11.5 Å². The summed E-state index contributed by atoms with van der Waals surface area (Å²) in [6.07, 6.45) is 3.27. The molecule has 9 heteroatoms. The van der Waals surface area contributed by atoms with Crippen molar-refractivity contribution >= 4 is 23.6 Å². The third-order valence-corrected chi connectivity index (χ3v) is 6.29. The van der Waals surface area contributed by atoms with E-state index in [1.807, 2.05) is 30.3 Å². The molecule has 2 aliphatic rings. The molecule has 1 aliphatic carbocycles. The second-order valence-electron chi connectivity index (χ2n) is 8.58. The van der Waals surface area contributed by atoms with E-state index >= 15 is 0 Å². The van der Waals surface area contributed by atoms with Crippen molar-refractivity contribution in [2.45, 2.75) is 32.1 Å². The van der Waals surface area contributed by atoms with E-state index in [-0.39, 0.29) is 48.8 Å². The maximum Gasteiger partial charge on any atom is 0.273 e. The van der Waals surface area contributed by atoms with Gasteiger partial charge in [0.25, 0.3) is 5.91 Å². The van der Waals surface area contributed by atoms with Crippen LogP contribution in [0.15, 0.2) is 54.6 Å². The molecule has 4 rings (SSSR count). The maximum absolute atomic E-state index is 12.6.